The van der Waals surface area contributed by atoms with Gasteiger partial charge in [0.1, 0.15) is 5.75 Å². The summed E-state index contributed by atoms with van der Waals surface area (Å²) in [4.78, 5) is 31.5. The van der Waals surface area contributed by atoms with E-state index in [-0.39, 0.29) is 17.6 Å². The first-order valence-corrected chi connectivity index (χ1v) is 10.5. The standard InChI is InChI=1S/C22H19F2N3O3S/c1-13-19(14-6-10-17(11-7-14)30-21(23)24)25-22(31-13)26-20(29)15-4-8-16(9-5-15)27-12-2-3-18(27)28/h4-11,21H,2-3,12H2,1H3,(H,25,26,29). The van der Waals surface area contributed by atoms with Crippen molar-refractivity contribution in [3.05, 3.63) is 59.0 Å². The molecule has 0 saturated carbocycles. The third kappa shape index (κ3) is 4.72. The molecule has 2 aromatic carbocycles. The molecule has 0 spiro atoms. The number of hydrogen-bond donors (Lipinski definition) is 1. The first-order chi connectivity index (χ1) is 14.9. The van der Waals surface area contributed by atoms with E-state index in [2.05, 4.69) is 15.0 Å². The zero-order chi connectivity index (χ0) is 22.0. The van der Waals surface area contributed by atoms with Crippen molar-refractivity contribution in [1.82, 2.24) is 4.98 Å². The minimum atomic E-state index is -2.88. The van der Waals surface area contributed by atoms with E-state index in [4.69, 9.17) is 0 Å². The van der Waals surface area contributed by atoms with Crippen molar-refractivity contribution < 1.29 is 23.1 Å². The highest BCUT2D eigenvalue weighted by molar-refractivity contribution is 7.16. The van der Waals surface area contributed by atoms with Crippen LogP contribution in [0.2, 0.25) is 0 Å². The second kappa shape index (κ2) is 8.81. The third-order valence-electron chi connectivity index (χ3n) is 4.88. The molecule has 0 unspecified atom stereocenters. The van der Waals surface area contributed by atoms with Gasteiger partial charge in [-0.05, 0) is 61.9 Å². The molecule has 1 saturated heterocycles. The number of ether oxygens (including phenoxy) is 1. The van der Waals surface area contributed by atoms with E-state index < -0.39 is 6.61 Å². The molecule has 160 valence electrons. The van der Waals surface area contributed by atoms with Crippen molar-refractivity contribution >= 4 is 34.0 Å². The van der Waals surface area contributed by atoms with Crippen molar-refractivity contribution in [3.8, 4) is 17.0 Å². The molecule has 9 heteroatoms. The lowest BCUT2D eigenvalue weighted by Gasteiger charge is -2.15. The molecule has 1 N–H and O–H groups in total. The van der Waals surface area contributed by atoms with Crippen LogP contribution < -0.4 is 15.0 Å². The number of aryl methyl sites for hydroxylation is 1. The first kappa shape index (κ1) is 20.9. The summed E-state index contributed by atoms with van der Waals surface area (Å²) in [5, 5.41) is 3.22. The lowest BCUT2D eigenvalue weighted by molar-refractivity contribution is -0.117. The second-order valence-electron chi connectivity index (χ2n) is 6.98. The number of halogens is 2. The largest absolute Gasteiger partial charge is 0.435 e. The number of nitrogens with zero attached hydrogens (tertiary/aromatic N) is 2. The van der Waals surface area contributed by atoms with Gasteiger partial charge in [-0.1, -0.05) is 0 Å². The Morgan fingerprint density at radius 2 is 1.87 bits per heavy atom. The van der Waals surface area contributed by atoms with Gasteiger partial charge in [0.2, 0.25) is 5.91 Å². The van der Waals surface area contributed by atoms with E-state index in [9.17, 15) is 18.4 Å². The summed E-state index contributed by atoms with van der Waals surface area (Å²) in [5.74, 6) is -0.142. The highest BCUT2D eigenvalue weighted by Gasteiger charge is 2.22. The summed E-state index contributed by atoms with van der Waals surface area (Å²) in [6.07, 6.45) is 1.39. The molecule has 3 aromatic rings. The number of anilines is 2. The molecule has 4 rings (SSSR count). The molecule has 1 aliphatic heterocycles. The zero-order valence-electron chi connectivity index (χ0n) is 16.6. The number of aromatic nitrogens is 1. The second-order valence-corrected chi connectivity index (χ2v) is 8.18. The van der Waals surface area contributed by atoms with Gasteiger partial charge in [0.15, 0.2) is 5.13 Å². The van der Waals surface area contributed by atoms with Crippen LogP contribution in [0, 0.1) is 6.92 Å². The van der Waals surface area contributed by atoms with Gasteiger partial charge in [0, 0.05) is 34.7 Å². The molecular formula is C22H19F2N3O3S. The molecule has 1 fully saturated rings. The molecular weight excluding hydrogens is 424 g/mol. The minimum absolute atomic E-state index is 0.0687. The molecule has 2 heterocycles. The molecule has 6 nitrogen and oxygen atoms in total. The Bertz CT molecular complexity index is 1100. The average Bonchev–Trinajstić information content (AvgIpc) is 3.33. The number of thiazole rings is 1. The first-order valence-electron chi connectivity index (χ1n) is 9.65. The van der Waals surface area contributed by atoms with E-state index >= 15 is 0 Å². The fourth-order valence-corrected chi connectivity index (χ4v) is 4.23. The lowest BCUT2D eigenvalue weighted by atomic mass is 10.1. The number of nitrogens with one attached hydrogen (secondary N) is 1. The maximum absolute atomic E-state index is 12.6. The number of alkyl halides is 2. The summed E-state index contributed by atoms with van der Waals surface area (Å²) < 4.78 is 29.0. The molecule has 1 aromatic heterocycles. The zero-order valence-corrected chi connectivity index (χ0v) is 17.4. The summed E-state index contributed by atoms with van der Waals surface area (Å²) >= 11 is 1.32. The van der Waals surface area contributed by atoms with E-state index in [0.717, 1.165) is 22.5 Å². The van der Waals surface area contributed by atoms with Gasteiger partial charge >= 0.3 is 6.61 Å². The summed E-state index contributed by atoms with van der Waals surface area (Å²) in [6, 6.07) is 13.1. The maximum Gasteiger partial charge on any atom is 0.387 e. The minimum Gasteiger partial charge on any atom is -0.435 e. The molecule has 1 aliphatic rings. The summed E-state index contributed by atoms with van der Waals surface area (Å²) in [7, 11) is 0. The quantitative estimate of drug-likeness (QED) is 0.576. The highest BCUT2D eigenvalue weighted by Crippen LogP contribution is 2.32. The van der Waals surface area contributed by atoms with Gasteiger partial charge in [0.25, 0.3) is 5.91 Å². The summed E-state index contributed by atoms with van der Waals surface area (Å²) in [5.41, 5.74) is 2.63. The lowest BCUT2D eigenvalue weighted by Crippen LogP contribution is -2.23. The highest BCUT2D eigenvalue weighted by atomic mass is 32.1. The van der Waals surface area contributed by atoms with Gasteiger partial charge < -0.3 is 9.64 Å². The molecule has 31 heavy (non-hydrogen) atoms. The fraction of sp³-hybridized carbons (Fsp3) is 0.227. The number of rotatable bonds is 6. The number of hydrogen-bond acceptors (Lipinski definition) is 5. The Kier molecular flexibility index (Phi) is 5.94. The van der Waals surface area contributed by atoms with Crippen LogP contribution in [-0.2, 0) is 4.79 Å². The maximum atomic E-state index is 12.6. The Hall–Kier alpha value is -3.33. The Morgan fingerprint density at radius 3 is 2.48 bits per heavy atom. The number of benzene rings is 2. The van der Waals surface area contributed by atoms with Crippen LogP contribution in [0.3, 0.4) is 0 Å². The smallest absolute Gasteiger partial charge is 0.387 e. The van der Waals surface area contributed by atoms with E-state index in [1.165, 1.54) is 23.5 Å². The topological polar surface area (TPSA) is 71.5 Å². The Morgan fingerprint density at radius 1 is 1.16 bits per heavy atom. The molecule has 0 aliphatic carbocycles. The van der Waals surface area contributed by atoms with Crippen LogP contribution in [0.1, 0.15) is 28.1 Å². The van der Waals surface area contributed by atoms with Crippen LogP contribution in [0.15, 0.2) is 48.5 Å². The van der Waals surface area contributed by atoms with Gasteiger partial charge in [-0.15, -0.1) is 11.3 Å². The average molecular weight is 443 g/mol. The normalized spacial score (nSPS) is 13.7. The van der Waals surface area contributed by atoms with Crippen molar-refractivity contribution in [3.63, 3.8) is 0 Å². The van der Waals surface area contributed by atoms with Gasteiger partial charge in [-0.2, -0.15) is 8.78 Å². The van der Waals surface area contributed by atoms with Crippen molar-refractivity contribution in [1.29, 1.82) is 0 Å². The number of amides is 2. The summed E-state index contributed by atoms with van der Waals surface area (Å²) in [6.45, 7) is -0.312. The molecule has 0 bridgehead atoms. The van der Waals surface area contributed by atoms with Crippen LogP contribution in [0.25, 0.3) is 11.3 Å². The van der Waals surface area contributed by atoms with E-state index in [1.54, 1.807) is 41.3 Å². The van der Waals surface area contributed by atoms with Gasteiger partial charge in [-0.3, -0.25) is 14.9 Å². The van der Waals surface area contributed by atoms with Crippen LogP contribution in [-0.4, -0.2) is 30.0 Å². The van der Waals surface area contributed by atoms with Crippen molar-refractivity contribution in [2.24, 2.45) is 0 Å². The van der Waals surface area contributed by atoms with E-state index in [1.807, 2.05) is 6.92 Å². The Balaban J connectivity index is 1.45. The molecule has 0 atom stereocenters. The number of carbonyl (C=O) groups is 2. The van der Waals surface area contributed by atoms with Crippen LogP contribution in [0.4, 0.5) is 19.6 Å². The van der Waals surface area contributed by atoms with Crippen molar-refractivity contribution in [2.75, 3.05) is 16.8 Å². The SMILES string of the molecule is Cc1sc(NC(=O)c2ccc(N3CCCC3=O)cc2)nc1-c1ccc(OC(F)F)cc1. The molecule has 0 radical (unpaired) electrons. The van der Waals surface area contributed by atoms with Gasteiger partial charge in [0.05, 0.1) is 5.69 Å². The van der Waals surface area contributed by atoms with Crippen LogP contribution >= 0.6 is 11.3 Å². The van der Waals surface area contributed by atoms with E-state index in [0.29, 0.717) is 29.4 Å². The predicted molar refractivity (Wildman–Crippen MR) is 115 cm³/mol. The van der Waals surface area contributed by atoms with Gasteiger partial charge in [-0.25, -0.2) is 4.98 Å². The monoisotopic (exact) mass is 443 g/mol. The third-order valence-corrected chi connectivity index (χ3v) is 5.77. The molecule has 2 amide bonds. The number of carbonyl (C=O) groups excluding carboxylic acids is 2. The predicted octanol–water partition coefficient (Wildman–Crippen LogP) is 5.10. The van der Waals surface area contributed by atoms with Crippen LogP contribution in [0.5, 0.6) is 5.75 Å². The van der Waals surface area contributed by atoms with Crippen molar-refractivity contribution in [2.45, 2.75) is 26.4 Å². The Labute approximate surface area is 181 Å². The fourth-order valence-electron chi connectivity index (χ4n) is 3.40.